The summed E-state index contributed by atoms with van der Waals surface area (Å²) in [6.07, 6.45) is 0.565. The van der Waals surface area contributed by atoms with Crippen molar-refractivity contribution < 1.29 is 14.7 Å². The number of carbonyl (C=O) groups excluding carboxylic acids is 1. The zero-order chi connectivity index (χ0) is 6.69. The average molecular weight is 129 g/mol. The van der Waals surface area contributed by atoms with Crippen LogP contribution in [0.3, 0.4) is 0 Å². The molecule has 0 unspecified atom stereocenters. The molecule has 1 aliphatic rings. The fourth-order valence-corrected chi connectivity index (χ4v) is 0.655. The monoisotopic (exact) mass is 129 g/mol. The van der Waals surface area contributed by atoms with Crippen LogP contribution < -0.4 is 0 Å². The molecule has 1 aliphatic heterocycles. The fraction of sp³-hybridized carbons (Fsp3) is 0.600. The highest BCUT2D eigenvalue weighted by Crippen LogP contribution is 2.02. The van der Waals surface area contributed by atoms with Crippen LogP contribution in [-0.2, 0) is 9.53 Å². The first kappa shape index (κ1) is 6.07. The zero-order valence-corrected chi connectivity index (χ0v) is 4.83. The quantitative estimate of drug-likeness (QED) is 0.374. The van der Waals surface area contributed by atoms with E-state index >= 15 is 0 Å². The summed E-state index contributed by atoms with van der Waals surface area (Å²) < 4.78 is 4.78. The Labute approximate surface area is 52.1 Å². The highest BCUT2D eigenvalue weighted by Gasteiger charge is 2.15. The third-order valence-corrected chi connectivity index (χ3v) is 1.11. The smallest absolute Gasteiger partial charge is 0.232 e. The van der Waals surface area contributed by atoms with E-state index in [2.05, 4.69) is 5.16 Å². The van der Waals surface area contributed by atoms with Crippen LogP contribution in [0.1, 0.15) is 12.8 Å². The fourth-order valence-electron chi connectivity index (χ4n) is 0.655. The summed E-state index contributed by atoms with van der Waals surface area (Å²) >= 11 is 0. The van der Waals surface area contributed by atoms with Crippen molar-refractivity contribution in [1.29, 1.82) is 0 Å². The van der Waals surface area contributed by atoms with Gasteiger partial charge in [-0.25, -0.2) is 0 Å². The molecule has 0 aromatic heterocycles. The molecule has 0 radical (unpaired) electrons. The van der Waals surface area contributed by atoms with Gasteiger partial charge in [0.15, 0.2) is 0 Å². The summed E-state index contributed by atoms with van der Waals surface area (Å²) in [5.74, 6) is 0.195. The molecule has 0 aliphatic carbocycles. The van der Waals surface area contributed by atoms with E-state index in [1.165, 1.54) is 0 Å². The van der Waals surface area contributed by atoms with Gasteiger partial charge in [-0.15, -0.1) is 0 Å². The maximum absolute atomic E-state index is 10.6. The van der Waals surface area contributed by atoms with Crippen molar-refractivity contribution in [3.8, 4) is 0 Å². The van der Waals surface area contributed by atoms with Gasteiger partial charge >= 0.3 is 0 Å². The molecule has 1 rings (SSSR count). The van der Waals surface area contributed by atoms with Crippen LogP contribution in [-0.4, -0.2) is 23.5 Å². The van der Waals surface area contributed by atoms with Crippen molar-refractivity contribution in [1.82, 2.24) is 0 Å². The number of ether oxygens (including phenoxy) is 1. The second-order valence-electron chi connectivity index (χ2n) is 1.81. The lowest BCUT2D eigenvalue weighted by molar-refractivity contribution is -0.119. The molecule has 0 atom stereocenters. The van der Waals surface area contributed by atoms with E-state index in [4.69, 9.17) is 9.94 Å². The highest BCUT2D eigenvalue weighted by molar-refractivity contribution is 5.99. The van der Waals surface area contributed by atoms with Gasteiger partial charge in [-0.05, 0) is 0 Å². The number of ketones is 1. The van der Waals surface area contributed by atoms with Gasteiger partial charge in [0.25, 0.3) is 0 Å². The first-order chi connectivity index (χ1) is 4.33. The van der Waals surface area contributed by atoms with Gasteiger partial charge in [0, 0.05) is 6.42 Å². The van der Waals surface area contributed by atoms with Crippen LogP contribution in [0.25, 0.3) is 0 Å². The van der Waals surface area contributed by atoms with Crippen LogP contribution >= 0.6 is 0 Å². The molecule has 1 saturated heterocycles. The molecule has 0 aromatic carbocycles. The van der Waals surface area contributed by atoms with Gasteiger partial charge in [-0.1, -0.05) is 5.16 Å². The van der Waals surface area contributed by atoms with Crippen LogP contribution in [0.15, 0.2) is 5.16 Å². The number of Topliss-reactive ketones (excluding diaryl/α,β-unsaturated/α-hetero) is 1. The number of oxime groups is 1. The first-order valence-electron chi connectivity index (χ1n) is 2.68. The van der Waals surface area contributed by atoms with Gasteiger partial charge in [-0.3, -0.25) is 4.79 Å². The molecule has 50 valence electrons. The van der Waals surface area contributed by atoms with Crippen LogP contribution in [0.5, 0.6) is 0 Å². The Morgan fingerprint density at radius 1 is 1.67 bits per heavy atom. The molecule has 0 saturated carbocycles. The minimum Gasteiger partial charge on any atom is -0.478 e. The largest absolute Gasteiger partial charge is 0.478 e. The van der Waals surface area contributed by atoms with Crippen LogP contribution in [0.2, 0.25) is 0 Å². The Kier molecular flexibility index (Phi) is 1.67. The summed E-state index contributed by atoms with van der Waals surface area (Å²) in [4.78, 5) is 10.6. The SMILES string of the molecule is O=C1CCOC(=NO)C1. The number of rotatable bonds is 0. The van der Waals surface area contributed by atoms with E-state index in [0.717, 1.165) is 0 Å². The molecule has 0 aromatic rings. The molecule has 1 fully saturated rings. The van der Waals surface area contributed by atoms with Gasteiger partial charge < -0.3 is 9.94 Å². The third-order valence-electron chi connectivity index (χ3n) is 1.11. The molecule has 4 heteroatoms. The van der Waals surface area contributed by atoms with Crippen molar-refractivity contribution in [3.05, 3.63) is 0 Å². The maximum Gasteiger partial charge on any atom is 0.232 e. The number of nitrogens with zero attached hydrogens (tertiary/aromatic N) is 1. The van der Waals surface area contributed by atoms with E-state index < -0.39 is 0 Å². The molecule has 1 heterocycles. The van der Waals surface area contributed by atoms with Gasteiger partial charge in [0.05, 0.1) is 13.0 Å². The summed E-state index contributed by atoms with van der Waals surface area (Å²) in [5.41, 5.74) is 0. The Morgan fingerprint density at radius 3 is 2.89 bits per heavy atom. The lowest BCUT2D eigenvalue weighted by atomic mass is 10.2. The van der Waals surface area contributed by atoms with Crippen molar-refractivity contribution in [3.63, 3.8) is 0 Å². The average Bonchev–Trinajstić information content (AvgIpc) is 1.88. The van der Waals surface area contributed by atoms with Crippen molar-refractivity contribution in [2.24, 2.45) is 5.16 Å². The third kappa shape index (κ3) is 1.42. The van der Waals surface area contributed by atoms with E-state index in [1.807, 2.05) is 0 Å². The minimum absolute atomic E-state index is 0.0639. The molecule has 1 N–H and O–H groups in total. The Morgan fingerprint density at radius 2 is 2.44 bits per heavy atom. The molecule has 0 spiro atoms. The Balaban J connectivity index is 2.51. The Hall–Kier alpha value is -1.06. The molecule has 9 heavy (non-hydrogen) atoms. The van der Waals surface area contributed by atoms with E-state index in [-0.39, 0.29) is 18.1 Å². The number of hydrogen-bond donors (Lipinski definition) is 1. The van der Waals surface area contributed by atoms with Crippen LogP contribution in [0.4, 0.5) is 0 Å². The molecule has 0 bridgehead atoms. The summed E-state index contributed by atoms with van der Waals surface area (Å²) in [6, 6.07) is 0. The topological polar surface area (TPSA) is 58.9 Å². The molecular weight excluding hydrogens is 122 g/mol. The lowest BCUT2D eigenvalue weighted by Crippen LogP contribution is -2.20. The van der Waals surface area contributed by atoms with E-state index in [0.29, 0.717) is 13.0 Å². The first-order valence-corrected chi connectivity index (χ1v) is 2.68. The second-order valence-corrected chi connectivity index (χ2v) is 1.81. The highest BCUT2D eigenvalue weighted by atomic mass is 16.5. The minimum atomic E-state index is 0.0639. The van der Waals surface area contributed by atoms with E-state index in [9.17, 15) is 4.79 Å². The van der Waals surface area contributed by atoms with Crippen molar-refractivity contribution in [2.75, 3.05) is 6.61 Å². The van der Waals surface area contributed by atoms with Gasteiger partial charge in [-0.2, -0.15) is 0 Å². The van der Waals surface area contributed by atoms with E-state index in [1.54, 1.807) is 0 Å². The number of carbonyl (C=O) groups is 1. The molecule has 0 amide bonds. The summed E-state index contributed by atoms with van der Waals surface area (Å²) in [6.45, 7) is 0.345. The standard InChI is InChI=1S/C5H7NO3/c7-4-1-2-9-5(3-4)6-8/h8H,1-3H2. The van der Waals surface area contributed by atoms with Crippen molar-refractivity contribution >= 4 is 11.7 Å². The summed E-state index contributed by atoms with van der Waals surface area (Å²) in [7, 11) is 0. The predicted octanol–water partition coefficient (Wildman–Crippen LogP) is 0.154. The normalized spacial score (nSPS) is 24.0. The lowest BCUT2D eigenvalue weighted by Gasteiger charge is -2.10. The predicted molar refractivity (Wildman–Crippen MR) is 29.4 cm³/mol. The molecule has 4 nitrogen and oxygen atoms in total. The van der Waals surface area contributed by atoms with Gasteiger partial charge in [0.1, 0.15) is 5.78 Å². The van der Waals surface area contributed by atoms with Crippen molar-refractivity contribution in [2.45, 2.75) is 12.8 Å². The van der Waals surface area contributed by atoms with Crippen LogP contribution in [0, 0.1) is 0 Å². The molecular formula is C5H7NO3. The zero-order valence-electron chi connectivity index (χ0n) is 4.83. The maximum atomic E-state index is 10.6. The van der Waals surface area contributed by atoms with Gasteiger partial charge in [0.2, 0.25) is 5.90 Å². The number of hydrogen-bond acceptors (Lipinski definition) is 4. The second kappa shape index (κ2) is 2.48. The summed E-state index contributed by atoms with van der Waals surface area (Å²) in [5, 5.41) is 10.9. The Bertz CT molecular complexity index is 152.